The Balaban J connectivity index is 2.56. The first kappa shape index (κ1) is 11.1. The van der Waals surface area contributed by atoms with E-state index >= 15 is 0 Å². The third kappa shape index (κ3) is 4.18. The highest BCUT2D eigenvalue weighted by atomic mass is 79.9. The summed E-state index contributed by atoms with van der Waals surface area (Å²) >= 11 is 6.61. The summed E-state index contributed by atoms with van der Waals surface area (Å²) in [6, 6.07) is 1.97. The smallest absolute Gasteiger partial charge is 0.197 e. The summed E-state index contributed by atoms with van der Waals surface area (Å²) in [7, 11) is 0. The van der Waals surface area contributed by atoms with Gasteiger partial charge in [-0.05, 0) is 50.8 Å². The lowest BCUT2D eigenvalue weighted by Gasteiger charge is -2.00. The Bertz CT molecular complexity index is 256. The van der Waals surface area contributed by atoms with E-state index in [9.17, 15) is 0 Å². The van der Waals surface area contributed by atoms with Gasteiger partial charge in [0.15, 0.2) is 4.73 Å². The second-order valence-corrected chi connectivity index (χ2v) is 4.43. The molecule has 0 bridgehead atoms. The quantitative estimate of drug-likeness (QED) is 0.481. The molecule has 0 saturated carbocycles. The van der Waals surface area contributed by atoms with Crippen molar-refractivity contribution in [2.45, 2.75) is 32.6 Å². The minimum Gasteiger partial charge on any atom is -0.227 e. The highest BCUT2D eigenvalue weighted by Gasteiger charge is 1.99. The first-order valence-electron chi connectivity index (χ1n) is 4.41. The standard InChI is InChI=1S/C9H12Br2N2/c1-2-3-4-5-7-6-8(10)13-9(11)12-7/h6H,2-5H2,1H3. The molecule has 13 heavy (non-hydrogen) atoms. The zero-order valence-electron chi connectivity index (χ0n) is 7.56. The first-order valence-corrected chi connectivity index (χ1v) is 6.00. The van der Waals surface area contributed by atoms with Gasteiger partial charge >= 0.3 is 0 Å². The van der Waals surface area contributed by atoms with Gasteiger partial charge in [0.1, 0.15) is 4.60 Å². The Kier molecular flexibility index (Phi) is 4.88. The van der Waals surface area contributed by atoms with E-state index in [4.69, 9.17) is 0 Å². The van der Waals surface area contributed by atoms with Crippen LogP contribution >= 0.6 is 31.9 Å². The van der Waals surface area contributed by atoms with Crippen molar-refractivity contribution in [3.05, 3.63) is 21.1 Å². The van der Waals surface area contributed by atoms with E-state index in [1.807, 2.05) is 6.07 Å². The van der Waals surface area contributed by atoms with Gasteiger partial charge in [0.2, 0.25) is 0 Å². The SMILES string of the molecule is CCCCCc1cc(Br)nc(Br)n1. The average Bonchev–Trinajstić information content (AvgIpc) is 2.03. The van der Waals surface area contributed by atoms with Crippen molar-refractivity contribution in [1.82, 2.24) is 9.97 Å². The summed E-state index contributed by atoms with van der Waals surface area (Å²) in [5.41, 5.74) is 1.10. The number of halogens is 2. The van der Waals surface area contributed by atoms with E-state index in [1.165, 1.54) is 19.3 Å². The Morgan fingerprint density at radius 1 is 1.23 bits per heavy atom. The topological polar surface area (TPSA) is 25.8 Å². The summed E-state index contributed by atoms with van der Waals surface area (Å²) in [4.78, 5) is 8.37. The fourth-order valence-corrected chi connectivity index (χ4v) is 2.21. The Morgan fingerprint density at radius 3 is 2.62 bits per heavy atom. The van der Waals surface area contributed by atoms with Crippen LogP contribution in [0.2, 0.25) is 0 Å². The number of hydrogen-bond acceptors (Lipinski definition) is 2. The predicted molar refractivity (Wildman–Crippen MR) is 60.7 cm³/mol. The number of aryl methyl sites for hydroxylation is 1. The summed E-state index contributed by atoms with van der Waals surface area (Å²) in [6.45, 7) is 2.20. The third-order valence-corrected chi connectivity index (χ3v) is 2.52. The third-order valence-electron chi connectivity index (χ3n) is 1.76. The Morgan fingerprint density at radius 2 is 2.00 bits per heavy atom. The summed E-state index contributed by atoms with van der Waals surface area (Å²) in [5.74, 6) is 0. The van der Waals surface area contributed by atoms with Crippen LogP contribution in [0, 0.1) is 0 Å². The van der Waals surface area contributed by atoms with Crippen LogP contribution in [0.15, 0.2) is 15.4 Å². The van der Waals surface area contributed by atoms with E-state index in [0.29, 0.717) is 4.73 Å². The molecular weight excluding hydrogens is 296 g/mol. The van der Waals surface area contributed by atoms with Crippen LogP contribution in [0.1, 0.15) is 31.9 Å². The lowest BCUT2D eigenvalue weighted by molar-refractivity contribution is 0.703. The molecule has 0 N–H and O–H groups in total. The van der Waals surface area contributed by atoms with Gasteiger partial charge < -0.3 is 0 Å². The molecule has 0 aliphatic rings. The van der Waals surface area contributed by atoms with E-state index < -0.39 is 0 Å². The largest absolute Gasteiger partial charge is 0.227 e. The molecule has 72 valence electrons. The zero-order chi connectivity index (χ0) is 9.68. The molecule has 0 spiro atoms. The van der Waals surface area contributed by atoms with Crippen molar-refractivity contribution in [3.8, 4) is 0 Å². The highest BCUT2D eigenvalue weighted by Crippen LogP contribution is 2.13. The molecule has 1 heterocycles. The van der Waals surface area contributed by atoms with Gasteiger partial charge in [0.25, 0.3) is 0 Å². The van der Waals surface area contributed by atoms with Gasteiger partial charge in [0.05, 0.1) is 0 Å². The molecule has 0 aliphatic heterocycles. The van der Waals surface area contributed by atoms with Crippen molar-refractivity contribution < 1.29 is 0 Å². The van der Waals surface area contributed by atoms with E-state index in [0.717, 1.165) is 16.7 Å². The molecule has 0 aliphatic carbocycles. The number of unbranched alkanes of at least 4 members (excludes halogenated alkanes) is 2. The molecule has 1 rings (SSSR count). The fourth-order valence-electron chi connectivity index (χ4n) is 1.12. The summed E-state index contributed by atoms with van der Waals surface area (Å²) in [6.07, 6.45) is 4.74. The minimum absolute atomic E-state index is 0.661. The molecule has 0 aromatic carbocycles. The molecule has 4 heteroatoms. The van der Waals surface area contributed by atoms with Crippen molar-refractivity contribution in [3.63, 3.8) is 0 Å². The van der Waals surface area contributed by atoms with Gasteiger partial charge in [-0.2, -0.15) is 0 Å². The number of aromatic nitrogens is 2. The van der Waals surface area contributed by atoms with Crippen LogP contribution in [0.4, 0.5) is 0 Å². The van der Waals surface area contributed by atoms with Gasteiger partial charge in [-0.25, -0.2) is 9.97 Å². The fraction of sp³-hybridized carbons (Fsp3) is 0.556. The zero-order valence-corrected chi connectivity index (χ0v) is 10.7. The summed E-state index contributed by atoms with van der Waals surface area (Å²) < 4.78 is 1.51. The second kappa shape index (κ2) is 5.70. The van der Waals surface area contributed by atoms with Crippen molar-refractivity contribution in [2.75, 3.05) is 0 Å². The Labute approximate surface area is 95.4 Å². The molecule has 0 atom stereocenters. The normalized spacial score (nSPS) is 10.4. The van der Waals surface area contributed by atoms with E-state index in [1.54, 1.807) is 0 Å². The number of rotatable bonds is 4. The van der Waals surface area contributed by atoms with Crippen LogP contribution < -0.4 is 0 Å². The van der Waals surface area contributed by atoms with Gasteiger partial charge in [-0.1, -0.05) is 19.8 Å². The van der Waals surface area contributed by atoms with Crippen LogP contribution in [0.25, 0.3) is 0 Å². The van der Waals surface area contributed by atoms with E-state index in [-0.39, 0.29) is 0 Å². The lowest BCUT2D eigenvalue weighted by Crippen LogP contribution is -1.93. The molecular formula is C9H12Br2N2. The number of nitrogens with zero attached hydrogens (tertiary/aromatic N) is 2. The van der Waals surface area contributed by atoms with Gasteiger partial charge in [0, 0.05) is 5.69 Å². The maximum absolute atomic E-state index is 4.28. The second-order valence-electron chi connectivity index (χ2n) is 2.91. The van der Waals surface area contributed by atoms with Crippen LogP contribution in [0.3, 0.4) is 0 Å². The predicted octanol–water partition coefficient (Wildman–Crippen LogP) is 3.73. The maximum atomic E-state index is 4.28. The molecule has 0 unspecified atom stereocenters. The molecule has 0 saturated heterocycles. The molecule has 0 fully saturated rings. The molecule has 0 radical (unpaired) electrons. The Hall–Kier alpha value is 0.0400. The lowest BCUT2D eigenvalue weighted by atomic mass is 10.1. The van der Waals surface area contributed by atoms with Gasteiger partial charge in [-0.3, -0.25) is 0 Å². The number of hydrogen-bond donors (Lipinski definition) is 0. The van der Waals surface area contributed by atoms with Crippen molar-refractivity contribution in [2.24, 2.45) is 0 Å². The highest BCUT2D eigenvalue weighted by molar-refractivity contribution is 9.11. The van der Waals surface area contributed by atoms with Crippen molar-refractivity contribution in [1.29, 1.82) is 0 Å². The molecule has 1 aromatic heterocycles. The molecule has 0 amide bonds. The molecule has 2 nitrogen and oxygen atoms in total. The van der Waals surface area contributed by atoms with Gasteiger partial charge in [-0.15, -0.1) is 0 Å². The summed E-state index contributed by atoms with van der Waals surface area (Å²) in [5, 5.41) is 0. The van der Waals surface area contributed by atoms with Crippen LogP contribution in [0.5, 0.6) is 0 Å². The monoisotopic (exact) mass is 306 g/mol. The minimum atomic E-state index is 0.661. The maximum Gasteiger partial charge on any atom is 0.197 e. The first-order chi connectivity index (χ1) is 6.22. The van der Waals surface area contributed by atoms with E-state index in [2.05, 4.69) is 48.8 Å². The molecule has 1 aromatic rings. The average molecular weight is 308 g/mol. The van der Waals surface area contributed by atoms with Crippen LogP contribution in [-0.4, -0.2) is 9.97 Å². The van der Waals surface area contributed by atoms with Crippen LogP contribution in [-0.2, 0) is 6.42 Å². The van der Waals surface area contributed by atoms with Crippen molar-refractivity contribution >= 4 is 31.9 Å².